The smallest absolute Gasteiger partial charge is 0.224 e. The Morgan fingerprint density at radius 2 is 2.03 bits per heavy atom. The van der Waals surface area contributed by atoms with Gasteiger partial charge in [0.25, 0.3) is 0 Å². The average Bonchev–Trinajstić information content (AvgIpc) is 2.80. The maximum absolute atomic E-state index is 10.2. The normalized spacial score (nSPS) is 20.0. The van der Waals surface area contributed by atoms with Gasteiger partial charge in [-0.2, -0.15) is 10.2 Å². The molecule has 0 atom stereocenters. The predicted octanol–water partition coefficient (Wildman–Crippen LogP) is 4.56. The van der Waals surface area contributed by atoms with E-state index < -0.39 is 5.60 Å². The molecule has 1 fully saturated rings. The van der Waals surface area contributed by atoms with Crippen LogP contribution in [0.1, 0.15) is 49.3 Å². The second kappa shape index (κ2) is 9.84. The monoisotopic (exact) mass is 444 g/mol. The topological polar surface area (TPSA) is 116 Å². The summed E-state index contributed by atoms with van der Waals surface area (Å²) in [5.41, 5.74) is 1.74. The van der Waals surface area contributed by atoms with Crippen molar-refractivity contribution in [2.24, 2.45) is 0 Å². The maximum Gasteiger partial charge on any atom is 0.224 e. The lowest BCUT2D eigenvalue weighted by atomic mass is 9.83. The highest BCUT2D eigenvalue weighted by molar-refractivity contribution is 5.54. The summed E-state index contributed by atoms with van der Waals surface area (Å²) in [6, 6.07) is 13.9. The Kier molecular flexibility index (Phi) is 6.71. The molecule has 3 N–H and O–H groups in total. The summed E-state index contributed by atoms with van der Waals surface area (Å²) in [5.74, 6) is 2.15. The average molecular weight is 445 g/mol. The summed E-state index contributed by atoms with van der Waals surface area (Å²) in [7, 11) is 0. The van der Waals surface area contributed by atoms with Crippen LogP contribution in [0.2, 0.25) is 0 Å². The second-order valence-electron chi connectivity index (χ2n) is 8.72. The van der Waals surface area contributed by atoms with Crippen LogP contribution in [0, 0.1) is 18.3 Å². The molecule has 8 nitrogen and oxygen atoms in total. The molecular formula is C25H28N6O2. The van der Waals surface area contributed by atoms with Gasteiger partial charge in [0.05, 0.1) is 11.8 Å². The molecule has 8 heteroatoms. The lowest BCUT2D eigenvalue weighted by Crippen LogP contribution is -2.36. The number of hydrogen-bond acceptors (Lipinski definition) is 8. The fourth-order valence-electron chi connectivity index (χ4n) is 3.85. The molecule has 3 aromatic rings. The fraction of sp³-hybridized carbons (Fsp3) is 0.360. The van der Waals surface area contributed by atoms with Crippen molar-refractivity contribution in [3.8, 4) is 17.7 Å². The van der Waals surface area contributed by atoms with Crippen LogP contribution in [0.3, 0.4) is 0 Å². The van der Waals surface area contributed by atoms with Crippen molar-refractivity contribution in [2.75, 3.05) is 10.6 Å². The van der Waals surface area contributed by atoms with Crippen molar-refractivity contribution in [1.29, 1.82) is 5.26 Å². The highest BCUT2D eigenvalue weighted by Crippen LogP contribution is 2.30. The first-order valence-electron chi connectivity index (χ1n) is 11.1. The minimum absolute atomic E-state index is 0.160. The lowest BCUT2D eigenvalue weighted by Gasteiger charge is -2.33. The SMILES string of the molecule is Cc1cccc(Oc2ncccc2CNc2ncc(C#N)c(NC3CCC(C)(O)CC3)n2)c1. The number of pyridine rings is 1. The van der Waals surface area contributed by atoms with Gasteiger partial charge < -0.3 is 20.5 Å². The fourth-order valence-corrected chi connectivity index (χ4v) is 3.85. The number of nitrogens with one attached hydrogen (secondary N) is 2. The van der Waals surface area contributed by atoms with E-state index in [1.165, 1.54) is 6.20 Å². The van der Waals surface area contributed by atoms with Gasteiger partial charge in [-0.1, -0.05) is 18.2 Å². The Morgan fingerprint density at radius 3 is 2.79 bits per heavy atom. The zero-order valence-corrected chi connectivity index (χ0v) is 18.9. The van der Waals surface area contributed by atoms with Crippen molar-refractivity contribution in [1.82, 2.24) is 15.0 Å². The molecule has 0 bridgehead atoms. The first-order chi connectivity index (χ1) is 15.9. The Morgan fingerprint density at radius 1 is 1.21 bits per heavy atom. The largest absolute Gasteiger partial charge is 0.439 e. The third-order valence-corrected chi connectivity index (χ3v) is 5.80. The summed E-state index contributed by atoms with van der Waals surface area (Å²) in [4.78, 5) is 13.2. The van der Waals surface area contributed by atoms with E-state index >= 15 is 0 Å². The van der Waals surface area contributed by atoms with E-state index in [0.717, 1.165) is 29.7 Å². The number of hydrogen-bond donors (Lipinski definition) is 3. The van der Waals surface area contributed by atoms with Crippen LogP contribution in [-0.4, -0.2) is 31.7 Å². The summed E-state index contributed by atoms with van der Waals surface area (Å²) >= 11 is 0. The molecule has 33 heavy (non-hydrogen) atoms. The van der Waals surface area contributed by atoms with Crippen molar-refractivity contribution in [2.45, 2.75) is 57.7 Å². The molecule has 1 aromatic carbocycles. The minimum Gasteiger partial charge on any atom is -0.439 e. The summed E-state index contributed by atoms with van der Waals surface area (Å²) in [5, 5.41) is 26.2. The van der Waals surface area contributed by atoms with Crippen molar-refractivity contribution < 1.29 is 9.84 Å². The van der Waals surface area contributed by atoms with Crippen molar-refractivity contribution in [3.63, 3.8) is 0 Å². The van der Waals surface area contributed by atoms with Gasteiger partial charge in [-0.3, -0.25) is 0 Å². The molecular weight excluding hydrogens is 416 g/mol. The third kappa shape index (κ3) is 5.96. The second-order valence-corrected chi connectivity index (χ2v) is 8.72. The quantitative estimate of drug-likeness (QED) is 0.486. The van der Waals surface area contributed by atoms with E-state index in [4.69, 9.17) is 4.74 Å². The van der Waals surface area contributed by atoms with Crippen LogP contribution in [0.5, 0.6) is 11.6 Å². The van der Waals surface area contributed by atoms with Crippen molar-refractivity contribution >= 4 is 11.8 Å². The van der Waals surface area contributed by atoms with E-state index in [0.29, 0.717) is 42.6 Å². The van der Waals surface area contributed by atoms with Gasteiger partial charge in [-0.15, -0.1) is 0 Å². The Labute approximate surface area is 193 Å². The van der Waals surface area contributed by atoms with E-state index in [1.807, 2.05) is 50.2 Å². The number of aryl methyl sites for hydroxylation is 1. The number of ether oxygens (including phenoxy) is 1. The third-order valence-electron chi connectivity index (χ3n) is 5.80. The molecule has 4 rings (SSSR count). The Hall–Kier alpha value is -3.70. The van der Waals surface area contributed by atoms with Gasteiger partial charge in [0.2, 0.25) is 11.8 Å². The van der Waals surface area contributed by atoms with Crippen LogP contribution in [0.25, 0.3) is 0 Å². The zero-order chi connectivity index (χ0) is 23.3. The molecule has 0 radical (unpaired) electrons. The molecule has 2 aromatic heterocycles. The number of benzene rings is 1. The predicted molar refractivity (Wildman–Crippen MR) is 126 cm³/mol. The van der Waals surface area contributed by atoms with E-state index in [2.05, 4.69) is 31.7 Å². The zero-order valence-electron chi connectivity index (χ0n) is 18.9. The number of anilines is 2. The van der Waals surface area contributed by atoms with Crippen LogP contribution >= 0.6 is 0 Å². The molecule has 170 valence electrons. The first-order valence-corrected chi connectivity index (χ1v) is 11.1. The van der Waals surface area contributed by atoms with Gasteiger partial charge >= 0.3 is 0 Å². The van der Waals surface area contributed by atoms with E-state index in [9.17, 15) is 10.4 Å². The molecule has 0 unspecified atom stereocenters. The number of aromatic nitrogens is 3. The highest BCUT2D eigenvalue weighted by Gasteiger charge is 2.29. The summed E-state index contributed by atoms with van der Waals surface area (Å²) in [6.45, 7) is 4.29. The van der Waals surface area contributed by atoms with Crippen LogP contribution in [0.15, 0.2) is 48.8 Å². The number of rotatable bonds is 7. The van der Waals surface area contributed by atoms with Gasteiger partial charge in [-0.05, 0) is 63.3 Å². The highest BCUT2D eigenvalue weighted by atomic mass is 16.5. The van der Waals surface area contributed by atoms with Gasteiger partial charge in [-0.25, -0.2) is 9.97 Å². The summed E-state index contributed by atoms with van der Waals surface area (Å²) < 4.78 is 5.99. The van der Waals surface area contributed by atoms with Crippen molar-refractivity contribution in [3.05, 3.63) is 65.5 Å². The molecule has 0 amide bonds. The first kappa shape index (κ1) is 22.5. The van der Waals surface area contributed by atoms with Gasteiger partial charge in [0.15, 0.2) is 0 Å². The molecule has 1 aliphatic carbocycles. The molecule has 1 aliphatic rings. The van der Waals surface area contributed by atoms with Gasteiger partial charge in [0.1, 0.15) is 23.2 Å². The summed E-state index contributed by atoms with van der Waals surface area (Å²) in [6.07, 6.45) is 6.28. The molecule has 0 saturated heterocycles. The molecule has 2 heterocycles. The van der Waals surface area contributed by atoms with Gasteiger partial charge in [0, 0.05) is 24.3 Å². The molecule has 0 spiro atoms. The van der Waals surface area contributed by atoms with Crippen LogP contribution in [-0.2, 0) is 6.54 Å². The standard InChI is InChI=1S/C25H28N6O2/c1-17-5-3-7-21(13-17)33-23-18(6-4-12-27-23)15-28-24-29-16-19(14-26)22(31-24)30-20-8-10-25(2,32)11-9-20/h3-7,12-13,16,20,32H,8-11,15H2,1-2H3,(H2,28,29,30,31). The molecule has 1 saturated carbocycles. The molecule has 0 aliphatic heterocycles. The maximum atomic E-state index is 10.2. The lowest BCUT2D eigenvalue weighted by molar-refractivity contribution is 0.0196. The van der Waals surface area contributed by atoms with E-state index in [-0.39, 0.29) is 6.04 Å². The number of nitriles is 1. The van der Waals surface area contributed by atoms with Crippen LogP contribution < -0.4 is 15.4 Å². The minimum atomic E-state index is -0.615. The van der Waals surface area contributed by atoms with E-state index in [1.54, 1.807) is 6.20 Å². The Bertz CT molecular complexity index is 1150. The number of aliphatic hydroxyl groups is 1. The Balaban J connectivity index is 1.45. The van der Waals surface area contributed by atoms with Crippen LogP contribution in [0.4, 0.5) is 11.8 Å². The number of nitrogens with zero attached hydrogens (tertiary/aromatic N) is 4.